The van der Waals surface area contributed by atoms with E-state index in [1.54, 1.807) is 0 Å². The Kier molecular flexibility index (Phi) is 4.43. The van der Waals surface area contributed by atoms with Crippen LogP contribution in [-0.2, 0) is 0 Å². The summed E-state index contributed by atoms with van der Waals surface area (Å²) < 4.78 is 0. The third kappa shape index (κ3) is 3.44. The second-order valence-corrected chi connectivity index (χ2v) is 4.08. The Hall–Kier alpha value is -1.22. The minimum Gasteiger partial charge on any atom is -0.396 e. The van der Waals surface area contributed by atoms with Gasteiger partial charge in [0.1, 0.15) is 0 Å². The summed E-state index contributed by atoms with van der Waals surface area (Å²) >= 11 is 0. The number of benzene rings is 1. The molecule has 0 saturated carbocycles. The van der Waals surface area contributed by atoms with Gasteiger partial charge in [0.2, 0.25) is 0 Å². The van der Waals surface area contributed by atoms with Gasteiger partial charge in [-0.15, -0.1) is 0 Å². The highest BCUT2D eigenvalue weighted by atomic mass is 16.3. The Bertz CT molecular complexity index is 299. The van der Waals surface area contributed by atoms with Crippen molar-refractivity contribution in [3.8, 4) is 0 Å². The maximum atomic E-state index is 8.94. The maximum absolute atomic E-state index is 8.94. The van der Waals surface area contributed by atoms with Gasteiger partial charge in [-0.3, -0.25) is 0 Å². The third-order valence-corrected chi connectivity index (χ3v) is 2.34. The van der Waals surface area contributed by atoms with E-state index in [2.05, 4.69) is 22.3 Å². The first-order valence-corrected chi connectivity index (χ1v) is 5.26. The molecule has 0 spiro atoms. The van der Waals surface area contributed by atoms with Gasteiger partial charge in [0, 0.05) is 27.2 Å². The van der Waals surface area contributed by atoms with Crippen molar-refractivity contribution in [1.29, 1.82) is 0 Å². The van der Waals surface area contributed by atoms with Gasteiger partial charge in [0.15, 0.2) is 0 Å². The molecule has 0 fully saturated rings. The van der Waals surface area contributed by atoms with Gasteiger partial charge in [0.05, 0.1) is 11.4 Å². The summed E-state index contributed by atoms with van der Waals surface area (Å²) in [6, 6.07) is 8.17. The fourth-order valence-electron chi connectivity index (χ4n) is 1.36. The first kappa shape index (κ1) is 11.9. The predicted octanol–water partition coefficient (Wildman–Crippen LogP) is 1.79. The molecule has 1 atom stereocenters. The Labute approximate surface area is 91.7 Å². The Morgan fingerprint density at radius 3 is 2.60 bits per heavy atom. The molecule has 0 radical (unpaired) electrons. The third-order valence-electron chi connectivity index (χ3n) is 2.34. The van der Waals surface area contributed by atoms with Gasteiger partial charge < -0.3 is 15.3 Å². The molecule has 3 nitrogen and oxygen atoms in total. The van der Waals surface area contributed by atoms with E-state index in [4.69, 9.17) is 5.11 Å². The second-order valence-electron chi connectivity index (χ2n) is 4.08. The van der Waals surface area contributed by atoms with Crippen molar-refractivity contribution in [2.75, 3.05) is 37.5 Å². The van der Waals surface area contributed by atoms with Crippen molar-refractivity contribution in [2.24, 2.45) is 5.92 Å². The molecule has 84 valence electrons. The van der Waals surface area contributed by atoms with Crippen molar-refractivity contribution in [1.82, 2.24) is 0 Å². The zero-order valence-electron chi connectivity index (χ0n) is 9.70. The van der Waals surface area contributed by atoms with Crippen LogP contribution in [0.3, 0.4) is 0 Å². The first-order chi connectivity index (χ1) is 7.15. The lowest BCUT2D eigenvalue weighted by Gasteiger charge is -2.19. The SMILES string of the molecule is CC(CO)CNc1ccccc1N(C)C. The fraction of sp³-hybridized carbons (Fsp3) is 0.500. The fourth-order valence-corrected chi connectivity index (χ4v) is 1.36. The van der Waals surface area contributed by atoms with Crippen LogP contribution in [0.2, 0.25) is 0 Å². The lowest BCUT2D eigenvalue weighted by atomic mass is 10.2. The van der Waals surface area contributed by atoms with Crippen molar-refractivity contribution >= 4 is 11.4 Å². The zero-order chi connectivity index (χ0) is 11.3. The molecular weight excluding hydrogens is 188 g/mol. The zero-order valence-corrected chi connectivity index (χ0v) is 9.70. The van der Waals surface area contributed by atoms with Crippen LogP contribution in [0.25, 0.3) is 0 Å². The molecule has 1 unspecified atom stereocenters. The summed E-state index contributed by atoms with van der Waals surface area (Å²) in [5.41, 5.74) is 2.28. The molecule has 1 aromatic carbocycles. The Morgan fingerprint density at radius 2 is 2.00 bits per heavy atom. The van der Waals surface area contributed by atoms with Crippen molar-refractivity contribution in [2.45, 2.75) is 6.92 Å². The van der Waals surface area contributed by atoms with Gasteiger partial charge in [-0.1, -0.05) is 19.1 Å². The first-order valence-electron chi connectivity index (χ1n) is 5.26. The van der Waals surface area contributed by atoms with E-state index in [9.17, 15) is 0 Å². The van der Waals surface area contributed by atoms with Crippen LogP contribution in [0.4, 0.5) is 11.4 Å². The minimum atomic E-state index is 0.219. The van der Waals surface area contributed by atoms with Gasteiger partial charge in [0.25, 0.3) is 0 Å². The lowest BCUT2D eigenvalue weighted by Crippen LogP contribution is -2.17. The highest BCUT2D eigenvalue weighted by Gasteiger charge is 2.04. The van der Waals surface area contributed by atoms with Gasteiger partial charge in [-0.05, 0) is 18.1 Å². The average molecular weight is 208 g/mol. The number of nitrogens with one attached hydrogen (secondary N) is 1. The molecule has 2 N–H and O–H groups in total. The smallest absolute Gasteiger partial charge is 0.0596 e. The monoisotopic (exact) mass is 208 g/mol. The highest BCUT2D eigenvalue weighted by molar-refractivity contribution is 5.69. The number of aliphatic hydroxyl groups excluding tert-OH is 1. The molecule has 0 aliphatic heterocycles. The quantitative estimate of drug-likeness (QED) is 0.774. The van der Waals surface area contributed by atoms with E-state index in [0.717, 1.165) is 12.2 Å². The van der Waals surface area contributed by atoms with E-state index in [1.165, 1.54) is 5.69 Å². The van der Waals surface area contributed by atoms with Crippen LogP contribution in [0.1, 0.15) is 6.92 Å². The molecule has 1 rings (SSSR count). The minimum absolute atomic E-state index is 0.219. The predicted molar refractivity (Wildman–Crippen MR) is 65.5 cm³/mol. The van der Waals surface area contributed by atoms with Crippen LogP contribution in [0.15, 0.2) is 24.3 Å². The molecule has 3 heteroatoms. The van der Waals surface area contributed by atoms with Crippen LogP contribution < -0.4 is 10.2 Å². The number of anilines is 2. The topological polar surface area (TPSA) is 35.5 Å². The maximum Gasteiger partial charge on any atom is 0.0596 e. The standard InChI is InChI=1S/C12H20N2O/c1-10(9-15)8-13-11-6-4-5-7-12(11)14(2)3/h4-7,10,13,15H,8-9H2,1-3H3. The van der Waals surface area contributed by atoms with Crippen molar-refractivity contribution < 1.29 is 5.11 Å². The summed E-state index contributed by atoms with van der Waals surface area (Å²) in [7, 11) is 4.05. The summed E-state index contributed by atoms with van der Waals surface area (Å²) in [4.78, 5) is 2.08. The molecule has 0 aliphatic carbocycles. The van der Waals surface area contributed by atoms with Crippen LogP contribution in [0, 0.1) is 5.92 Å². The summed E-state index contributed by atoms with van der Waals surface area (Å²) in [5, 5.41) is 12.3. The lowest BCUT2D eigenvalue weighted by molar-refractivity contribution is 0.244. The van der Waals surface area contributed by atoms with E-state index in [-0.39, 0.29) is 12.5 Å². The molecule has 0 aromatic heterocycles. The Balaban J connectivity index is 2.67. The van der Waals surface area contributed by atoms with Crippen LogP contribution in [0.5, 0.6) is 0 Å². The number of aliphatic hydroxyl groups is 1. The molecule has 1 aromatic rings. The molecule has 0 aliphatic rings. The van der Waals surface area contributed by atoms with Crippen molar-refractivity contribution in [3.05, 3.63) is 24.3 Å². The summed E-state index contributed by atoms with van der Waals surface area (Å²) in [6.07, 6.45) is 0. The van der Waals surface area contributed by atoms with Gasteiger partial charge in [-0.25, -0.2) is 0 Å². The highest BCUT2D eigenvalue weighted by Crippen LogP contribution is 2.23. The summed E-state index contributed by atoms with van der Waals surface area (Å²) in [6.45, 7) is 3.03. The average Bonchev–Trinajstić information content (AvgIpc) is 2.26. The molecular formula is C12H20N2O. The van der Waals surface area contributed by atoms with E-state index in [0.29, 0.717) is 0 Å². The number of nitrogens with zero attached hydrogens (tertiary/aromatic N) is 1. The molecule has 0 amide bonds. The molecule has 0 bridgehead atoms. The molecule has 0 saturated heterocycles. The van der Waals surface area contributed by atoms with Gasteiger partial charge in [-0.2, -0.15) is 0 Å². The second kappa shape index (κ2) is 5.61. The largest absolute Gasteiger partial charge is 0.396 e. The number of hydrogen-bond donors (Lipinski definition) is 2. The number of rotatable bonds is 5. The number of hydrogen-bond acceptors (Lipinski definition) is 3. The van der Waals surface area contributed by atoms with Gasteiger partial charge >= 0.3 is 0 Å². The van der Waals surface area contributed by atoms with E-state index >= 15 is 0 Å². The molecule has 0 heterocycles. The summed E-state index contributed by atoms with van der Waals surface area (Å²) in [5.74, 6) is 0.278. The van der Waals surface area contributed by atoms with Crippen LogP contribution in [-0.4, -0.2) is 32.4 Å². The number of para-hydroxylation sites is 2. The molecule has 15 heavy (non-hydrogen) atoms. The van der Waals surface area contributed by atoms with Crippen LogP contribution >= 0.6 is 0 Å². The Morgan fingerprint density at radius 1 is 1.33 bits per heavy atom. The van der Waals surface area contributed by atoms with E-state index in [1.807, 2.05) is 33.2 Å². The van der Waals surface area contributed by atoms with E-state index < -0.39 is 0 Å². The van der Waals surface area contributed by atoms with Crippen molar-refractivity contribution in [3.63, 3.8) is 0 Å². The normalized spacial score (nSPS) is 12.3.